The van der Waals surface area contributed by atoms with Crippen LogP contribution in [0.15, 0.2) is 253 Å². The van der Waals surface area contributed by atoms with Crippen LogP contribution in [0.2, 0.25) is 0 Å². The lowest BCUT2D eigenvalue weighted by Crippen LogP contribution is -2.36. The summed E-state index contributed by atoms with van der Waals surface area (Å²) in [5, 5.41) is 2.12. The summed E-state index contributed by atoms with van der Waals surface area (Å²) in [6.45, 7) is 0. The van der Waals surface area contributed by atoms with Crippen LogP contribution in [0.25, 0.3) is 33.1 Å². The average Bonchev–Trinajstić information content (AvgIpc) is 3.88. The average molecular weight is 832 g/mol. The lowest BCUT2D eigenvalue weighted by molar-refractivity contribution is 0.669. The first-order valence-corrected chi connectivity index (χ1v) is 22.3. The molecule has 1 aromatic heterocycles. The van der Waals surface area contributed by atoms with Crippen molar-refractivity contribution in [3.8, 4) is 11.1 Å². The van der Waals surface area contributed by atoms with Crippen molar-refractivity contribution in [3.63, 3.8) is 0 Å². The lowest BCUT2D eigenvalue weighted by Gasteiger charge is -2.45. The van der Waals surface area contributed by atoms with E-state index in [-0.39, 0.29) is 0 Å². The van der Waals surface area contributed by atoms with Crippen molar-refractivity contribution >= 4 is 73.1 Å². The largest absolute Gasteiger partial charge is 0.456 e. The third-order valence-electron chi connectivity index (χ3n) is 13.4. The molecule has 65 heavy (non-hydrogen) atoms. The zero-order chi connectivity index (χ0) is 42.9. The standard InChI is InChI=1S/C61H41N3O/c1-5-19-42(20-6-1)62(43-21-7-2-8-22-43)47-34-37-59-51(40-47)52-41-48(35-38-60(52)65-59)63(44-23-9-3-10-24-44)46-33-36-54-50(39-46)49-27-13-14-28-53(49)61(54)55-29-15-17-31-57(55)64(45-25-11-4-12-26-45)58-32-18-16-30-56(58)61/h1-41H. The monoisotopic (exact) mass is 831 g/mol. The molecule has 0 saturated carbocycles. The second-order valence-electron chi connectivity index (χ2n) is 16.9. The molecule has 2 heterocycles. The number of para-hydroxylation sites is 6. The van der Waals surface area contributed by atoms with E-state index in [4.69, 9.17) is 4.42 Å². The van der Waals surface area contributed by atoms with Crippen LogP contribution in [0.3, 0.4) is 0 Å². The molecule has 13 rings (SSSR count). The van der Waals surface area contributed by atoms with Gasteiger partial charge in [-0.2, -0.15) is 0 Å². The van der Waals surface area contributed by atoms with Crippen molar-refractivity contribution in [2.24, 2.45) is 0 Å². The second-order valence-corrected chi connectivity index (χ2v) is 16.9. The van der Waals surface area contributed by atoms with Crippen LogP contribution in [0.4, 0.5) is 51.2 Å². The minimum Gasteiger partial charge on any atom is -0.456 e. The minimum atomic E-state index is -0.528. The van der Waals surface area contributed by atoms with Gasteiger partial charge in [-0.1, -0.05) is 140 Å². The van der Waals surface area contributed by atoms with Crippen LogP contribution in [0, 0.1) is 0 Å². The normalized spacial score (nSPS) is 13.0. The highest BCUT2D eigenvalue weighted by Crippen LogP contribution is 2.64. The molecule has 0 fully saturated rings. The highest BCUT2D eigenvalue weighted by atomic mass is 16.3. The highest BCUT2D eigenvalue weighted by molar-refractivity contribution is 6.08. The molecule has 1 aliphatic heterocycles. The molecule has 0 bridgehead atoms. The van der Waals surface area contributed by atoms with Gasteiger partial charge in [0.2, 0.25) is 0 Å². The Balaban J connectivity index is 0.994. The Morgan fingerprint density at radius 3 is 1.25 bits per heavy atom. The van der Waals surface area contributed by atoms with Crippen molar-refractivity contribution in [3.05, 3.63) is 271 Å². The van der Waals surface area contributed by atoms with Gasteiger partial charge >= 0.3 is 0 Å². The molecule has 11 aromatic rings. The summed E-state index contributed by atoms with van der Waals surface area (Å²) >= 11 is 0. The molecule has 0 amide bonds. The SMILES string of the molecule is c1ccc(N(c2ccccc2)c2ccc3oc4ccc(N(c5ccccc5)c5ccc6c(c5)-c5ccccc5C65c6ccccc6N(c6ccccc6)c6ccccc65)cc4c3c2)cc1. The predicted molar refractivity (Wildman–Crippen MR) is 269 cm³/mol. The first-order chi connectivity index (χ1) is 32.3. The number of benzene rings is 10. The number of fused-ring (bicyclic) bond motifs is 12. The number of furan rings is 1. The van der Waals surface area contributed by atoms with Crippen LogP contribution in [-0.4, -0.2) is 0 Å². The fourth-order valence-corrected chi connectivity index (χ4v) is 10.8. The third kappa shape index (κ3) is 5.64. The summed E-state index contributed by atoms with van der Waals surface area (Å²) in [5.41, 5.74) is 18.8. The summed E-state index contributed by atoms with van der Waals surface area (Å²) in [7, 11) is 0. The zero-order valence-corrected chi connectivity index (χ0v) is 35.4. The molecule has 0 atom stereocenters. The Kier molecular flexibility index (Phi) is 8.40. The van der Waals surface area contributed by atoms with Gasteiger partial charge in [-0.3, -0.25) is 0 Å². The van der Waals surface area contributed by atoms with Crippen molar-refractivity contribution in [1.29, 1.82) is 0 Å². The van der Waals surface area contributed by atoms with Gasteiger partial charge in [-0.15, -0.1) is 0 Å². The first kappa shape index (κ1) is 37.0. The number of hydrogen-bond donors (Lipinski definition) is 0. The second kappa shape index (κ2) is 14.8. The molecular formula is C61H41N3O. The van der Waals surface area contributed by atoms with E-state index < -0.39 is 5.41 Å². The smallest absolute Gasteiger partial charge is 0.135 e. The van der Waals surface area contributed by atoms with Gasteiger partial charge in [0.15, 0.2) is 0 Å². The first-order valence-electron chi connectivity index (χ1n) is 22.3. The Bertz CT molecular complexity index is 3480. The molecule has 4 nitrogen and oxygen atoms in total. The van der Waals surface area contributed by atoms with Crippen LogP contribution in [-0.2, 0) is 5.41 Å². The molecular weight excluding hydrogens is 791 g/mol. The topological polar surface area (TPSA) is 22.9 Å². The number of hydrogen-bond acceptors (Lipinski definition) is 4. The van der Waals surface area contributed by atoms with Crippen molar-refractivity contribution in [2.75, 3.05) is 14.7 Å². The van der Waals surface area contributed by atoms with Gasteiger partial charge < -0.3 is 19.1 Å². The van der Waals surface area contributed by atoms with Crippen LogP contribution < -0.4 is 14.7 Å². The molecule has 0 saturated heterocycles. The molecule has 2 aliphatic rings. The Morgan fingerprint density at radius 1 is 0.308 bits per heavy atom. The van der Waals surface area contributed by atoms with E-state index in [0.29, 0.717) is 0 Å². The maximum Gasteiger partial charge on any atom is 0.135 e. The molecule has 1 spiro atoms. The van der Waals surface area contributed by atoms with E-state index >= 15 is 0 Å². The number of rotatable bonds is 7. The van der Waals surface area contributed by atoms with E-state index in [1.807, 2.05) is 0 Å². The molecule has 0 unspecified atom stereocenters. The zero-order valence-electron chi connectivity index (χ0n) is 35.4. The highest BCUT2D eigenvalue weighted by Gasteiger charge is 2.51. The molecule has 1 aliphatic carbocycles. The van der Waals surface area contributed by atoms with Gasteiger partial charge in [0, 0.05) is 50.6 Å². The quantitative estimate of drug-likeness (QED) is 0.160. The van der Waals surface area contributed by atoms with Gasteiger partial charge in [-0.25, -0.2) is 0 Å². The summed E-state index contributed by atoms with van der Waals surface area (Å²) in [6, 6.07) is 89.8. The van der Waals surface area contributed by atoms with Gasteiger partial charge in [0.1, 0.15) is 11.2 Å². The fraction of sp³-hybridized carbons (Fsp3) is 0.0164. The minimum absolute atomic E-state index is 0.528. The predicted octanol–water partition coefficient (Wildman–Crippen LogP) is 16.7. The van der Waals surface area contributed by atoms with Crippen molar-refractivity contribution in [2.45, 2.75) is 5.41 Å². The van der Waals surface area contributed by atoms with E-state index in [0.717, 1.165) is 61.8 Å². The Morgan fingerprint density at radius 2 is 0.708 bits per heavy atom. The van der Waals surface area contributed by atoms with Gasteiger partial charge in [-0.05, 0) is 143 Å². The van der Waals surface area contributed by atoms with Crippen molar-refractivity contribution in [1.82, 2.24) is 0 Å². The molecule has 306 valence electrons. The van der Waals surface area contributed by atoms with Gasteiger partial charge in [0.05, 0.1) is 16.8 Å². The summed E-state index contributed by atoms with van der Waals surface area (Å²) in [5.74, 6) is 0. The fourth-order valence-electron chi connectivity index (χ4n) is 10.8. The lowest BCUT2D eigenvalue weighted by atomic mass is 9.64. The maximum absolute atomic E-state index is 6.56. The molecule has 4 heteroatoms. The van der Waals surface area contributed by atoms with Gasteiger partial charge in [0.25, 0.3) is 0 Å². The number of nitrogens with zero attached hydrogens (tertiary/aromatic N) is 3. The van der Waals surface area contributed by atoms with Crippen LogP contribution in [0.5, 0.6) is 0 Å². The Labute approximate surface area is 378 Å². The summed E-state index contributed by atoms with van der Waals surface area (Å²) in [4.78, 5) is 7.12. The molecule has 0 N–H and O–H groups in total. The number of anilines is 9. The van der Waals surface area contributed by atoms with E-state index in [2.05, 4.69) is 263 Å². The van der Waals surface area contributed by atoms with E-state index in [9.17, 15) is 0 Å². The van der Waals surface area contributed by atoms with E-state index in [1.54, 1.807) is 0 Å². The van der Waals surface area contributed by atoms with Crippen LogP contribution >= 0.6 is 0 Å². The molecule has 0 radical (unpaired) electrons. The van der Waals surface area contributed by atoms with E-state index in [1.165, 1.54) is 44.8 Å². The maximum atomic E-state index is 6.56. The van der Waals surface area contributed by atoms with Crippen LogP contribution in [0.1, 0.15) is 22.3 Å². The summed E-state index contributed by atoms with van der Waals surface area (Å²) < 4.78 is 6.56. The molecule has 10 aromatic carbocycles. The van der Waals surface area contributed by atoms with Crippen molar-refractivity contribution < 1.29 is 4.42 Å². The Hall–Kier alpha value is -8.60. The summed E-state index contributed by atoms with van der Waals surface area (Å²) in [6.07, 6.45) is 0. The third-order valence-corrected chi connectivity index (χ3v) is 13.4.